The molecule has 2 saturated heterocycles. The van der Waals surface area contributed by atoms with Gasteiger partial charge >= 0.3 is 0 Å². The fourth-order valence-corrected chi connectivity index (χ4v) is 6.34. The van der Waals surface area contributed by atoms with E-state index >= 15 is 0 Å². The van der Waals surface area contributed by atoms with Gasteiger partial charge in [0.05, 0.1) is 18.5 Å². The molecule has 0 N–H and O–H groups in total. The van der Waals surface area contributed by atoms with Gasteiger partial charge in [-0.15, -0.1) is 0 Å². The van der Waals surface area contributed by atoms with Crippen LogP contribution in [0.3, 0.4) is 0 Å². The third-order valence-corrected chi connectivity index (χ3v) is 8.13. The molecule has 2 fully saturated rings. The summed E-state index contributed by atoms with van der Waals surface area (Å²) in [6.07, 6.45) is 3.69. The summed E-state index contributed by atoms with van der Waals surface area (Å²) in [5.74, 6) is -0.773. The molecule has 0 bridgehead atoms. The van der Waals surface area contributed by atoms with Crippen molar-refractivity contribution in [3.05, 3.63) is 137 Å². The molecule has 0 unspecified atom stereocenters. The van der Waals surface area contributed by atoms with Gasteiger partial charge in [-0.2, -0.15) is 0 Å². The number of hydrogen-bond acceptors (Lipinski definition) is 6. The summed E-state index contributed by atoms with van der Waals surface area (Å²) in [4.78, 5) is 8.66. The molecule has 0 saturated carbocycles. The molecule has 8 heteroatoms. The van der Waals surface area contributed by atoms with E-state index in [1.807, 2.05) is 79.0 Å². The summed E-state index contributed by atoms with van der Waals surface area (Å²) >= 11 is 6.33. The second kappa shape index (κ2) is 10.4. The minimum absolute atomic E-state index is 0.259. The fourth-order valence-electron chi connectivity index (χ4n) is 6.15. The lowest BCUT2D eigenvalue weighted by atomic mass is 9.80. The Morgan fingerprint density at radius 3 is 1.98 bits per heavy atom. The number of aromatic nitrogens is 3. The number of fused-ring (bicyclic) bond motifs is 2. The van der Waals surface area contributed by atoms with Crippen molar-refractivity contribution in [3.8, 4) is 0 Å². The van der Waals surface area contributed by atoms with Gasteiger partial charge in [0.15, 0.2) is 16.6 Å². The van der Waals surface area contributed by atoms with Crippen LogP contribution >= 0.6 is 11.6 Å². The zero-order chi connectivity index (χ0) is 28.0. The van der Waals surface area contributed by atoms with Gasteiger partial charge in [0.25, 0.3) is 0 Å². The lowest BCUT2D eigenvalue weighted by Gasteiger charge is -2.37. The van der Waals surface area contributed by atoms with Crippen LogP contribution in [0.1, 0.15) is 42.3 Å². The summed E-state index contributed by atoms with van der Waals surface area (Å²) in [5, 5.41) is 0.329. The van der Waals surface area contributed by atoms with Crippen LogP contribution in [0.2, 0.25) is 5.15 Å². The smallest absolute Gasteiger partial charge is 0.175 e. The standard InChI is InChI=1S/C33H30ClN3O4/c1-32(2)40-28-26(39-27(29(28)41-32)25-20-36-31-30(34)35-18-19-37(25)31)21-38-33(22-12-6-3-7-13-22,23-14-8-4-9-15-23)24-16-10-5-11-17-24/h3-20,26-29H,21H2,1-2H3/t26-,27+,28-,29+/m1/s1. The van der Waals surface area contributed by atoms with Crippen molar-refractivity contribution in [1.82, 2.24) is 14.4 Å². The summed E-state index contributed by atoms with van der Waals surface area (Å²) < 4.78 is 28.6. The van der Waals surface area contributed by atoms with Crippen LogP contribution in [0.25, 0.3) is 5.65 Å². The summed E-state index contributed by atoms with van der Waals surface area (Å²) in [5.41, 5.74) is 3.59. The van der Waals surface area contributed by atoms with Crippen LogP contribution in [0, 0.1) is 0 Å². The Bertz CT molecular complexity index is 1550. The average molecular weight is 568 g/mol. The molecule has 0 spiro atoms. The van der Waals surface area contributed by atoms with Crippen molar-refractivity contribution >= 4 is 17.2 Å². The molecular weight excluding hydrogens is 538 g/mol. The first kappa shape index (κ1) is 26.3. The Balaban J connectivity index is 1.28. The molecule has 0 radical (unpaired) electrons. The second-order valence-corrected chi connectivity index (χ2v) is 11.2. The summed E-state index contributed by atoms with van der Waals surface area (Å²) in [6, 6.07) is 30.9. The van der Waals surface area contributed by atoms with Gasteiger partial charge in [0, 0.05) is 12.4 Å². The lowest BCUT2D eigenvalue weighted by Crippen LogP contribution is -2.39. The Morgan fingerprint density at radius 1 is 0.829 bits per heavy atom. The molecule has 2 aliphatic heterocycles. The highest BCUT2D eigenvalue weighted by Gasteiger charge is 2.57. The Kier molecular flexibility index (Phi) is 6.64. The van der Waals surface area contributed by atoms with Gasteiger partial charge < -0.3 is 18.9 Å². The number of nitrogens with zero attached hydrogens (tertiary/aromatic N) is 3. The topological polar surface area (TPSA) is 67.1 Å². The molecule has 2 aromatic heterocycles. The maximum atomic E-state index is 7.11. The van der Waals surface area contributed by atoms with E-state index in [-0.39, 0.29) is 18.8 Å². The zero-order valence-corrected chi connectivity index (χ0v) is 23.5. The molecule has 208 valence electrons. The molecule has 3 aromatic carbocycles. The largest absolute Gasteiger partial charge is 0.361 e. The fraction of sp³-hybridized carbons (Fsp3) is 0.273. The van der Waals surface area contributed by atoms with Gasteiger partial charge in [-0.1, -0.05) is 103 Å². The third-order valence-electron chi connectivity index (χ3n) is 7.86. The SMILES string of the molecule is CC1(C)O[C@@H]2[C@H](O1)[C@@H](COC(c1ccccc1)(c1ccccc1)c1ccccc1)O[C@H]2c1cnc2c(Cl)nccn12. The van der Waals surface area contributed by atoms with E-state index in [0.717, 1.165) is 22.4 Å². The van der Waals surface area contributed by atoms with Crippen molar-refractivity contribution in [2.24, 2.45) is 0 Å². The van der Waals surface area contributed by atoms with Crippen LogP contribution in [0.15, 0.2) is 110 Å². The van der Waals surface area contributed by atoms with Crippen LogP contribution in [-0.4, -0.2) is 45.1 Å². The maximum Gasteiger partial charge on any atom is 0.175 e. The van der Waals surface area contributed by atoms with E-state index in [1.165, 1.54) is 0 Å². The molecule has 0 amide bonds. The zero-order valence-electron chi connectivity index (χ0n) is 22.8. The number of ether oxygens (including phenoxy) is 4. The van der Waals surface area contributed by atoms with Crippen LogP contribution in [-0.2, 0) is 24.5 Å². The lowest BCUT2D eigenvalue weighted by molar-refractivity contribution is -0.196. The minimum Gasteiger partial charge on any atom is -0.361 e. The predicted molar refractivity (Wildman–Crippen MR) is 155 cm³/mol. The molecule has 7 nitrogen and oxygen atoms in total. The van der Waals surface area contributed by atoms with E-state index in [9.17, 15) is 0 Å². The van der Waals surface area contributed by atoms with E-state index in [1.54, 1.807) is 12.4 Å². The highest BCUT2D eigenvalue weighted by Crippen LogP contribution is 2.47. The average Bonchev–Trinajstić information content (AvgIpc) is 3.67. The first-order valence-electron chi connectivity index (χ1n) is 13.8. The highest BCUT2D eigenvalue weighted by molar-refractivity contribution is 6.32. The van der Waals surface area contributed by atoms with Crippen molar-refractivity contribution in [2.75, 3.05) is 6.61 Å². The van der Waals surface area contributed by atoms with Crippen LogP contribution < -0.4 is 0 Å². The normalized spacial score (nSPS) is 23.6. The van der Waals surface area contributed by atoms with Crippen molar-refractivity contribution in [1.29, 1.82) is 0 Å². The molecular formula is C33H30ClN3O4. The molecule has 5 aromatic rings. The number of benzene rings is 3. The van der Waals surface area contributed by atoms with Crippen molar-refractivity contribution in [2.45, 2.75) is 49.7 Å². The summed E-state index contributed by atoms with van der Waals surface area (Å²) in [6.45, 7) is 4.12. The molecule has 4 atom stereocenters. The van der Waals surface area contributed by atoms with Gasteiger partial charge in [-0.25, -0.2) is 9.97 Å². The van der Waals surface area contributed by atoms with Gasteiger partial charge in [-0.05, 0) is 30.5 Å². The van der Waals surface area contributed by atoms with Crippen molar-refractivity contribution < 1.29 is 18.9 Å². The van der Waals surface area contributed by atoms with Gasteiger partial charge in [0.1, 0.15) is 30.0 Å². The van der Waals surface area contributed by atoms with Crippen LogP contribution in [0.5, 0.6) is 0 Å². The maximum absolute atomic E-state index is 7.11. The monoisotopic (exact) mass is 567 g/mol. The molecule has 0 aliphatic carbocycles. The van der Waals surface area contributed by atoms with Crippen molar-refractivity contribution in [3.63, 3.8) is 0 Å². The van der Waals surface area contributed by atoms with E-state index < -0.39 is 23.6 Å². The number of rotatable bonds is 7. The first-order valence-corrected chi connectivity index (χ1v) is 14.1. The molecule has 2 aliphatic rings. The predicted octanol–water partition coefficient (Wildman–Crippen LogP) is 6.35. The second-order valence-electron chi connectivity index (χ2n) is 10.8. The Labute approximate surface area is 243 Å². The number of imidazole rings is 1. The van der Waals surface area contributed by atoms with Gasteiger partial charge in [-0.3, -0.25) is 4.40 Å². The Morgan fingerprint density at radius 2 is 1.39 bits per heavy atom. The minimum atomic E-state index is -0.877. The highest BCUT2D eigenvalue weighted by atomic mass is 35.5. The van der Waals surface area contributed by atoms with E-state index in [0.29, 0.717) is 10.8 Å². The van der Waals surface area contributed by atoms with Crippen LogP contribution in [0.4, 0.5) is 0 Å². The summed E-state index contributed by atoms with van der Waals surface area (Å²) in [7, 11) is 0. The van der Waals surface area contributed by atoms with E-state index in [4.69, 9.17) is 30.5 Å². The third kappa shape index (κ3) is 4.54. The first-order chi connectivity index (χ1) is 20.0. The van der Waals surface area contributed by atoms with E-state index in [2.05, 4.69) is 46.4 Å². The quantitative estimate of drug-likeness (QED) is 0.213. The van der Waals surface area contributed by atoms with Gasteiger partial charge in [0.2, 0.25) is 0 Å². The Hall–Kier alpha value is -3.59. The number of halogens is 1. The number of hydrogen-bond donors (Lipinski definition) is 0. The molecule has 7 rings (SSSR count). The molecule has 41 heavy (non-hydrogen) atoms. The molecule has 4 heterocycles.